The lowest BCUT2D eigenvalue weighted by Crippen LogP contribution is -2.45. The maximum atomic E-state index is 13.2. The molecule has 1 amide bonds. The number of ether oxygens (including phenoxy) is 2. The highest BCUT2D eigenvalue weighted by atomic mass is 32.2. The lowest BCUT2D eigenvalue weighted by Gasteiger charge is -2.31. The van der Waals surface area contributed by atoms with Gasteiger partial charge >= 0.3 is 0 Å². The molecule has 12 heteroatoms. The Kier molecular flexibility index (Phi) is 7.62. The number of carbonyl (C=O) groups excluding carboxylic acids is 1. The van der Waals surface area contributed by atoms with E-state index in [0.29, 0.717) is 36.4 Å². The highest BCUT2D eigenvalue weighted by Crippen LogP contribution is 2.32. The minimum Gasteiger partial charge on any atom is -0.493 e. The molecule has 3 rings (SSSR count). The van der Waals surface area contributed by atoms with E-state index in [0.717, 1.165) is 0 Å². The summed E-state index contributed by atoms with van der Waals surface area (Å²) in [5, 5.41) is 7.88. The average Bonchev–Trinajstić information content (AvgIpc) is 2.81. The Balaban J connectivity index is 1.66. The zero-order valence-corrected chi connectivity index (χ0v) is 20.0. The van der Waals surface area contributed by atoms with Gasteiger partial charge in [0.2, 0.25) is 26.0 Å². The number of nitrogens with zero attached hydrogens (tertiary/aromatic N) is 1. The number of benzene rings is 2. The molecule has 0 aromatic heterocycles. The van der Waals surface area contributed by atoms with Gasteiger partial charge in [-0.1, -0.05) is 12.1 Å². The van der Waals surface area contributed by atoms with E-state index < -0.39 is 26.0 Å². The van der Waals surface area contributed by atoms with Gasteiger partial charge in [-0.05, 0) is 42.7 Å². The number of piperidine rings is 1. The van der Waals surface area contributed by atoms with Crippen LogP contribution >= 0.6 is 0 Å². The molecule has 0 bridgehead atoms. The van der Waals surface area contributed by atoms with Crippen molar-refractivity contribution in [2.24, 2.45) is 11.1 Å². The second-order valence-corrected chi connectivity index (χ2v) is 11.1. The number of amides is 1. The van der Waals surface area contributed by atoms with E-state index in [4.69, 9.17) is 14.6 Å². The van der Waals surface area contributed by atoms with Crippen molar-refractivity contribution in [2.45, 2.75) is 29.2 Å². The Hall–Kier alpha value is -2.67. The molecule has 0 radical (unpaired) electrons. The molecule has 2 aromatic rings. The molecule has 1 atom stereocenters. The van der Waals surface area contributed by atoms with Crippen molar-refractivity contribution in [1.82, 2.24) is 9.62 Å². The molecule has 1 heterocycles. The zero-order valence-electron chi connectivity index (χ0n) is 18.4. The zero-order chi connectivity index (χ0) is 24.2. The fourth-order valence-corrected chi connectivity index (χ4v) is 5.69. The van der Waals surface area contributed by atoms with Crippen LogP contribution in [0, 0.1) is 5.92 Å². The van der Waals surface area contributed by atoms with Crippen molar-refractivity contribution >= 4 is 26.0 Å². The summed E-state index contributed by atoms with van der Waals surface area (Å²) >= 11 is 0. The summed E-state index contributed by atoms with van der Waals surface area (Å²) in [4.78, 5) is 12.8. The van der Waals surface area contributed by atoms with Gasteiger partial charge in [-0.2, -0.15) is 4.31 Å². The molecule has 1 saturated heterocycles. The lowest BCUT2D eigenvalue weighted by atomic mass is 9.99. The summed E-state index contributed by atoms with van der Waals surface area (Å²) in [6.45, 7) is 0.561. The maximum absolute atomic E-state index is 13.2. The molecular formula is C21H27N3O7S2. The topological polar surface area (TPSA) is 145 Å². The molecule has 3 N–H and O–H groups in total. The molecule has 0 aliphatic carbocycles. The summed E-state index contributed by atoms with van der Waals surface area (Å²) in [5.74, 6) is -0.0436. The second kappa shape index (κ2) is 10.1. The number of methoxy groups -OCH3 is 2. The van der Waals surface area contributed by atoms with Gasteiger partial charge < -0.3 is 14.8 Å². The average molecular weight is 498 g/mol. The van der Waals surface area contributed by atoms with E-state index >= 15 is 0 Å². The minimum absolute atomic E-state index is 0.0131. The SMILES string of the molecule is COc1ccc(S(=O)(=O)N2CCCC(C(=O)NCc3ccc(S(N)(=O)=O)cc3)C2)cc1OC. The van der Waals surface area contributed by atoms with Crippen molar-refractivity contribution in [3.63, 3.8) is 0 Å². The number of hydrogen-bond donors (Lipinski definition) is 2. The molecule has 2 aromatic carbocycles. The predicted octanol–water partition coefficient (Wildman–Crippen LogP) is 1.07. The van der Waals surface area contributed by atoms with E-state index in [2.05, 4.69) is 5.32 Å². The van der Waals surface area contributed by atoms with Crippen molar-refractivity contribution in [3.05, 3.63) is 48.0 Å². The highest BCUT2D eigenvalue weighted by molar-refractivity contribution is 7.89. The van der Waals surface area contributed by atoms with Gasteiger partial charge in [-0.3, -0.25) is 4.79 Å². The molecule has 33 heavy (non-hydrogen) atoms. The van der Waals surface area contributed by atoms with Gasteiger partial charge in [0.25, 0.3) is 0 Å². The number of sulfonamides is 2. The smallest absolute Gasteiger partial charge is 0.243 e. The predicted molar refractivity (Wildman–Crippen MR) is 121 cm³/mol. The van der Waals surface area contributed by atoms with Crippen LogP contribution in [0.3, 0.4) is 0 Å². The summed E-state index contributed by atoms with van der Waals surface area (Å²) in [5.41, 5.74) is 0.696. The van der Waals surface area contributed by atoms with Crippen molar-refractivity contribution in [1.29, 1.82) is 0 Å². The number of hydrogen-bond acceptors (Lipinski definition) is 7. The molecule has 0 saturated carbocycles. The molecule has 0 spiro atoms. The number of rotatable bonds is 8. The van der Waals surface area contributed by atoms with Gasteiger partial charge in [0, 0.05) is 25.7 Å². The Morgan fingerprint density at radius 2 is 1.67 bits per heavy atom. The highest BCUT2D eigenvalue weighted by Gasteiger charge is 2.33. The van der Waals surface area contributed by atoms with Crippen LogP contribution in [-0.4, -0.2) is 54.4 Å². The van der Waals surface area contributed by atoms with Gasteiger partial charge in [0.1, 0.15) is 0 Å². The number of nitrogens with one attached hydrogen (secondary N) is 1. The van der Waals surface area contributed by atoms with Crippen LogP contribution in [0.1, 0.15) is 18.4 Å². The van der Waals surface area contributed by atoms with Gasteiger partial charge in [-0.15, -0.1) is 0 Å². The van der Waals surface area contributed by atoms with Crippen LogP contribution in [0.15, 0.2) is 52.3 Å². The van der Waals surface area contributed by atoms with Gasteiger partial charge in [0.15, 0.2) is 11.5 Å². The molecular weight excluding hydrogens is 470 g/mol. The van der Waals surface area contributed by atoms with Crippen LogP contribution in [0.2, 0.25) is 0 Å². The first-order chi connectivity index (χ1) is 15.6. The van der Waals surface area contributed by atoms with E-state index in [-0.39, 0.29) is 28.8 Å². The second-order valence-electron chi connectivity index (χ2n) is 7.63. The first-order valence-corrected chi connectivity index (χ1v) is 13.2. The van der Waals surface area contributed by atoms with Crippen LogP contribution in [0.4, 0.5) is 0 Å². The van der Waals surface area contributed by atoms with Crippen LogP contribution in [-0.2, 0) is 31.4 Å². The van der Waals surface area contributed by atoms with Crippen molar-refractivity contribution in [3.8, 4) is 11.5 Å². The third-order valence-electron chi connectivity index (χ3n) is 5.47. The molecule has 1 aliphatic rings. The molecule has 1 aliphatic heterocycles. The van der Waals surface area contributed by atoms with E-state index in [1.54, 1.807) is 12.1 Å². The maximum Gasteiger partial charge on any atom is 0.243 e. The Morgan fingerprint density at radius 1 is 1.03 bits per heavy atom. The monoisotopic (exact) mass is 497 g/mol. The van der Waals surface area contributed by atoms with E-state index in [1.165, 1.54) is 48.9 Å². The Bertz CT molecular complexity index is 1210. The van der Waals surface area contributed by atoms with Crippen molar-refractivity contribution < 1.29 is 31.1 Å². The molecule has 1 fully saturated rings. The molecule has 1 unspecified atom stereocenters. The van der Waals surface area contributed by atoms with Crippen LogP contribution < -0.4 is 19.9 Å². The fraction of sp³-hybridized carbons (Fsp3) is 0.381. The summed E-state index contributed by atoms with van der Waals surface area (Å²) in [6.07, 6.45) is 1.11. The number of nitrogens with two attached hydrogens (primary N) is 1. The van der Waals surface area contributed by atoms with Crippen LogP contribution in [0.25, 0.3) is 0 Å². The third kappa shape index (κ3) is 5.82. The summed E-state index contributed by atoms with van der Waals surface area (Å²) in [7, 11) is -4.71. The first-order valence-electron chi connectivity index (χ1n) is 10.2. The Morgan fingerprint density at radius 3 is 2.27 bits per heavy atom. The third-order valence-corrected chi connectivity index (χ3v) is 8.26. The van der Waals surface area contributed by atoms with E-state index in [9.17, 15) is 21.6 Å². The molecule has 10 nitrogen and oxygen atoms in total. The lowest BCUT2D eigenvalue weighted by molar-refractivity contribution is -0.126. The quantitative estimate of drug-likeness (QED) is 0.555. The minimum atomic E-state index is -3.82. The van der Waals surface area contributed by atoms with Gasteiger partial charge in [-0.25, -0.2) is 22.0 Å². The standard InChI is InChI=1S/C21H27N3O7S2/c1-30-19-10-9-18(12-20(19)31-2)33(28,29)24-11-3-4-16(14-24)21(25)23-13-15-5-7-17(8-6-15)32(22,26)27/h5-10,12,16H,3-4,11,13-14H2,1-2H3,(H,23,25)(H2,22,26,27). The normalized spacial score (nSPS) is 17.4. The van der Waals surface area contributed by atoms with Gasteiger partial charge in [0.05, 0.1) is 29.9 Å². The molecule has 180 valence electrons. The fourth-order valence-electron chi connectivity index (χ4n) is 3.63. The summed E-state index contributed by atoms with van der Waals surface area (Å²) in [6, 6.07) is 10.3. The Labute approximate surface area is 193 Å². The number of carbonyl (C=O) groups is 1. The van der Waals surface area contributed by atoms with Crippen molar-refractivity contribution in [2.75, 3.05) is 27.3 Å². The largest absolute Gasteiger partial charge is 0.493 e. The summed E-state index contributed by atoms with van der Waals surface area (Å²) < 4.78 is 60.7. The first kappa shape index (κ1) is 25.0. The number of primary sulfonamides is 1. The van der Waals surface area contributed by atoms with E-state index in [1.807, 2.05) is 0 Å². The van der Waals surface area contributed by atoms with Crippen LogP contribution in [0.5, 0.6) is 11.5 Å².